The molecule has 0 aromatic rings. The molecule has 6 heteroatoms. The number of carbonyl (C=O) groups is 2. The van der Waals surface area contributed by atoms with Crippen LogP contribution in [0.1, 0.15) is 39.5 Å². The van der Waals surface area contributed by atoms with Crippen LogP contribution in [0, 0.1) is 5.92 Å². The average Bonchev–Trinajstić information content (AvgIpc) is 3.06. The highest BCUT2D eigenvalue weighted by Crippen LogP contribution is 2.18. The van der Waals surface area contributed by atoms with E-state index in [-0.39, 0.29) is 36.2 Å². The number of halogens is 1. The molecule has 4 N–H and O–H groups in total. The topological polar surface area (TPSA) is 84.2 Å². The second-order valence-corrected chi connectivity index (χ2v) is 4.88. The third kappa shape index (κ3) is 6.81. The summed E-state index contributed by atoms with van der Waals surface area (Å²) in [5, 5.41) is 5.70. The zero-order valence-electron chi connectivity index (χ0n) is 11.1. The maximum atomic E-state index is 11.5. The highest BCUT2D eigenvalue weighted by Gasteiger charge is 2.22. The zero-order valence-corrected chi connectivity index (χ0v) is 11.9. The molecule has 1 saturated carbocycles. The molecule has 1 rings (SSSR count). The van der Waals surface area contributed by atoms with Crippen LogP contribution < -0.4 is 16.4 Å². The molecule has 0 aromatic carbocycles. The Labute approximate surface area is 115 Å². The number of carbonyl (C=O) groups excluding carboxylic acids is 2. The van der Waals surface area contributed by atoms with Crippen LogP contribution in [0.25, 0.3) is 0 Å². The summed E-state index contributed by atoms with van der Waals surface area (Å²) in [4.78, 5) is 22.9. The van der Waals surface area contributed by atoms with E-state index in [0.29, 0.717) is 25.4 Å². The number of nitrogens with two attached hydrogens (primary N) is 1. The Kier molecular flexibility index (Phi) is 7.95. The SMILES string of the molecule is CC(N)C(C)C(=O)NCCCC(=O)NC1CC1.Cl. The molecule has 1 aliphatic rings. The highest BCUT2D eigenvalue weighted by atomic mass is 35.5. The molecule has 1 aliphatic carbocycles. The van der Waals surface area contributed by atoms with Crippen LogP contribution in [0.4, 0.5) is 0 Å². The zero-order chi connectivity index (χ0) is 12.8. The van der Waals surface area contributed by atoms with E-state index in [4.69, 9.17) is 5.73 Å². The van der Waals surface area contributed by atoms with Gasteiger partial charge in [-0.15, -0.1) is 12.4 Å². The number of hydrogen-bond donors (Lipinski definition) is 3. The molecule has 2 atom stereocenters. The fourth-order valence-corrected chi connectivity index (χ4v) is 1.39. The predicted molar refractivity (Wildman–Crippen MR) is 73.5 cm³/mol. The van der Waals surface area contributed by atoms with Gasteiger partial charge in [0.15, 0.2) is 0 Å². The van der Waals surface area contributed by atoms with Crippen molar-refractivity contribution in [3.8, 4) is 0 Å². The van der Waals surface area contributed by atoms with Crippen molar-refractivity contribution in [1.29, 1.82) is 0 Å². The lowest BCUT2D eigenvalue weighted by molar-refractivity contribution is -0.125. The fraction of sp³-hybridized carbons (Fsp3) is 0.833. The minimum Gasteiger partial charge on any atom is -0.356 e. The van der Waals surface area contributed by atoms with Gasteiger partial charge >= 0.3 is 0 Å². The average molecular weight is 278 g/mol. The van der Waals surface area contributed by atoms with E-state index in [1.54, 1.807) is 6.92 Å². The maximum absolute atomic E-state index is 11.5. The molecule has 2 amide bonds. The minimum atomic E-state index is -0.185. The van der Waals surface area contributed by atoms with Crippen LogP contribution in [-0.2, 0) is 9.59 Å². The van der Waals surface area contributed by atoms with Gasteiger partial charge in [-0.1, -0.05) is 6.92 Å². The number of hydrogen-bond acceptors (Lipinski definition) is 3. The molecule has 0 radical (unpaired) electrons. The lowest BCUT2D eigenvalue weighted by Crippen LogP contribution is -2.39. The largest absolute Gasteiger partial charge is 0.356 e. The Balaban J connectivity index is 0.00000289. The van der Waals surface area contributed by atoms with E-state index < -0.39 is 0 Å². The molecule has 0 aliphatic heterocycles. The summed E-state index contributed by atoms with van der Waals surface area (Å²) in [7, 11) is 0. The summed E-state index contributed by atoms with van der Waals surface area (Å²) in [6.45, 7) is 4.15. The highest BCUT2D eigenvalue weighted by molar-refractivity contribution is 5.85. The van der Waals surface area contributed by atoms with Gasteiger partial charge in [-0.25, -0.2) is 0 Å². The Morgan fingerprint density at radius 3 is 2.44 bits per heavy atom. The van der Waals surface area contributed by atoms with E-state index in [9.17, 15) is 9.59 Å². The first-order chi connectivity index (χ1) is 8.00. The smallest absolute Gasteiger partial charge is 0.224 e. The van der Waals surface area contributed by atoms with E-state index in [0.717, 1.165) is 12.8 Å². The normalized spacial score (nSPS) is 17.3. The number of amides is 2. The van der Waals surface area contributed by atoms with Gasteiger partial charge in [0.25, 0.3) is 0 Å². The molecule has 0 saturated heterocycles. The van der Waals surface area contributed by atoms with Gasteiger partial charge in [-0.3, -0.25) is 9.59 Å². The van der Waals surface area contributed by atoms with Gasteiger partial charge in [0.2, 0.25) is 11.8 Å². The van der Waals surface area contributed by atoms with Crippen molar-refractivity contribution in [2.75, 3.05) is 6.54 Å². The van der Waals surface area contributed by atoms with Crippen molar-refractivity contribution >= 4 is 24.2 Å². The third-order valence-electron chi connectivity index (χ3n) is 3.02. The first-order valence-corrected chi connectivity index (χ1v) is 6.33. The van der Waals surface area contributed by atoms with Gasteiger partial charge < -0.3 is 16.4 Å². The summed E-state index contributed by atoms with van der Waals surface area (Å²) < 4.78 is 0. The molecule has 18 heavy (non-hydrogen) atoms. The molecule has 0 bridgehead atoms. The molecule has 106 valence electrons. The molecule has 0 heterocycles. The van der Waals surface area contributed by atoms with Crippen molar-refractivity contribution in [1.82, 2.24) is 10.6 Å². The van der Waals surface area contributed by atoms with Gasteiger partial charge in [0, 0.05) is 31.0 Å². The van der Waals surface area contributed by atoms with Crippen molar-refractivity contribution in [2.24, 2.45) is 11.7 Å². The van der Waals surface area contributed by atoms with Crippen LogP contribution in [0.15, 0.2) is 0 Å². The molecular weight excluding hydrogens is 254 g/mol. The lowest BCUT2D eigenvalue weighted by atomic mass is 10.0. The summed E-state index contributed by atoms with van der Waals surface area (Å²) >= 11 is 0. The number of nitrogens with one attached hydrogen (secondary N) is 2. The quantitative estimate of drug-likeness (QED) is 0.595. The van der Waals surface area contributed by atoms with Crippen molar-refractivity contribution < 1.29 is 9.59 Å². The van der Waals surface area contributed by atoms with Crippen molar-refractivity contribution in [3.63, 3.8) is 0 Å². The van der Waals surface area contributed by atoms with Gasteiger partial charge in [0.1, 0.15) is 0 Å². The standard InChI is InChI=1S/C12H23N3O2.ClH/c1-8(9(2)13)12(17)14-7-3-4-11(16)15-10-5-6-10;/h8-10H,3-7,13H2,1-2H3,(H,14,17)(H,15,16);1H. The second kappa shape index (κ2) is 8.32. The minimum absolute atomic E-state index is 0. The van der Waals surface area contributed by atoms with E-state index in [1.807, 2.05) is 6.92 Å². The number of rotatable bonds is 7. The van der Waals surface area contributed by atoms with Crippen LogP contribution in [0.2, 0.25) is 0 Å². The van der Waals surface area contributed by atoms with Crippen molar-refractivity contribution in [3.05, 3.63) is 0 Å². The second-order valence-electron chi connectivity index (χ2n) is 4.88. The third-order valence-corrected chi connectivity index (χ3v) is 3.02. The summed E-state index contributed by atoms with van der Waals surface area (Å²) in [6.07, 6.45) is 3.36. The van der Waals surface area contributed by atoms with Crippen LogP contribution in [-0.4, -0.2) is 30.4 Å². The Hall–Kier alpha value is -0.810. The molecule has 5 nitrogen and oxygen atoms in total. The van der Waals surface area contributed by atoms with Gasteiger partial charge in [0.05, 0.1) is 0 Å². The van der Waals surface area contributed by atoms with E-state index >= 15 is 0 Å². The Bertz CT molecular complexity index is 280. The van der Waals surface area contributed by atoms with Crippen LogP contribution in [0.3, 0.4) is 0 Å². The molecule has 1 fully saturated rings. The van der Waals surface area contributed by atoms with Gasteiger partial charge in [-0.05, 0) is 26.2 Å². The van der Waals surface area contributed by atoms with E-state index in [1.165, 1.54) is 0 Å². The molecular formula is C12H24ClN3O2. The summed E-state index contributed by atoms with van der Waals surface area (Å²) in [5.74, 6) is -0.139. The Morgan fingerprint density at radius 1 is 1.33 bits per heavy atom. The maximum Gasteiger partial charge on any atom is 0.224 e. The molecule has 0 aromatic heterocycles. The summed E-state index contributed by atoms with van der Waals surface area (Å²) in [5.41, 5.74) is 5.63. The Morgan fingerprint density at radius 2 is 1.94 bits per heavy atom. The van der Waals surface area contributed by atoms with Gasteiger partial charge in [-0.2, -0.15) is 0 Å². The predicted octanol–water partition coefficient (Wildman–Crippen LogP) is 0.566. The van der Waals surface area contributed by atoms with Crippen LogP contribution in [0.5, 0.6) is 0 Å². The first-order valence-electron chi connectivity index (χ1n) is 6.33. The monoisotopic (exact) mass is 277 g/mol. The molecule has 0 spiro atoms. The van der Waals surface area contributed by atoms with E-state index in [2.05, 4.69) is 10.6 Å². The van der Waals surface area contributed by atoms with Crippen LogP contribution >= 0.6 is 12.4 Å². The summed E-state index contributed by atoms with van der Waals surface area (Å²) in [6, 6.07) is 0.267. The fourth-order valence-electron chi connectivity index (χ4n) is 1.39. The van der Waals surface area contributed by atoms with Crippen molar-refractivity contribution in [2.45, 2.75) is 51.6 Å². The lowest BCUT2D eigenvalue weighted by Gasteiger charge is -2.15. The first kappa shape index (κ1) is 17.2. The molecule has 2 unspecified atom stereocenters.